The molecule has 0 unspecified atom stereocenters. The number of hydrogen-bond donors (Lipinski definition) is 0. The molecule has 0 nitrogen and oxygen atoms in total. The van der Waals surface area contributed by atoms with Gasteiger partial charge in [-0.15, -0.1) is 0 Å². The Morgan fingerprint density at radius 1 is 0.239 bits per heavy atom. The third-order valence-corrected chi connectivity index (χ3v) is 41.9. The van der Waals surface area contributed by atoms with Crippen molar-refractivity contribution in [2.45, 2.75) is 446 Å². The molecule has 0 atom stereocenters. The Morgan fingerprint density at radius 2 is 0.453 bits per heavy atom. The normalized spacial score (nSPS) is 13.4. The second-order valence-corrected chi connectivity index (χ2v) is 58.2. The molecule has 4 aromatic heterocycles. The summed E-state index contributed by atoms with van der Waals surface area (Å²) in [6.07, 6.45) is 82.9. The predicted octanol–water partition coefficient (Wildman–Crippen LogP) is 37.9. The number of aryl methyl sites for hydroxylation is 5. The first-order chi connectivity index (χ1) is 57.5. The zero-order valence-electron chi connectivity index (χ0n) is 76.1. The fraction of sp³-hybridized carbons (Fsp3) is 0.625. The van der Waals surface area contributed by atoms with Crippen LogP contribution in [-0.4, -0.2) is 18.4 Å². The average Bonchev–Trinajstić information content (AvgIpc) is 1.49. The Kier molecular flexibility index (Phi) is 41.3. The fourth-order valence-electron chi connectivity index (χ4n) is 20.5. The SMILES string of the molecule is CCCCCCCCCCCCCCCCc1ccc(C2(c3ccc(CCCCCCCCCCCCCCCC)cc3)c3cc4c(cc3-c3sc5cc(C)sc5c32)C(c2ccc(CCCCCCCCCCCCCCCC)cc2)(c2ccc(CCCCCCCCCCCCCCCC)cc2)c2c-4sc3c[c]([Sn]([CH3])([CH3])[CH3])sc23)cc1. The van der Waals surface area contributed by atoms with Crippen molar-refractivity contribution >= 4 is 85.4 Å². The summed E-state index contributed by atoms with van der Waals surface area (Å²) >= 11 is 5.93. The van der Waals surface area contributed by atoms with Gasteiger partial charge in [0, 0.05) is 4.88 Å². The van der Waals surface area contributed by atoms with E-state index < -0.39 is 29.2 Å². The van der Waals surface area contributed by atoms with Crippen molar-refractivity contribution in [2.75, 3.05) is 0 Å². The van der Waals surface area contributed by atoms with Crippen molar-refractivity contribution in [1.29, 1.82) is 0 Å². The zero-order chi connectivity index (χ0) is 81.6. The monoisotopic (exact) mass is 1760 g/mol. The molecule has 640 valence electrons. The standard InChI is InChI=1S/C109H155S4.3CH3.Sn/c1-6-10-14-18-22-26-30-34-38-42-46-50-54-58-62-88-66-74-92(75-67-88)108(93-76-68-89(69-77-93)63-59-55-51-47-43-39-35-31-27-23-19-15-11-7-2)98-86-97-99(85-96(98)104-102(108)106-100(112-104)82-83-110-106)109(103-105(97)113-101-84-87(5)111-107(101)103,94-78-70-90(71-79-94)64-60-56-52-48-44-40-36-32-28-24-20-16-12-8-3)95-80-72-91(73-81-95)65-61-57-53-49-45-41-37-33-29-25-21-17-13-9-4;;;;/h66-82,84-86H,6-65H2,1-5H3;3*1H3;. The van der Waals surface area contributed by atoms with Crippen LogP contribution in [0.3, 0.4) is 0 Å². The van der Waals surface area contributed by atoms with E-state index in [4.69, 9.17) is 0 Å². The van der Waals surface area contributed by atoms with E-state index in [1.54, 1.807) is 18.7 Å². The van der Waals surface area contributed by atoms with Gasteiger partial charge in [-0.3, -0.25) is 0 Å². The topological polar surface area (TPSA) is 0 Å². The summed E-state index contributed by atoms with van der Waals surface area (Å²) in [5.74, 6) is 0. The van der Waals surface area contributed by atoms with Gasteiger partial charge >= 0.3 is 347 Å². The van der Waals surface area contributed by atoms with Gasteiger partial charge in [0.1, 0.15) is 0 Å². The number of unbranched alkanes of at least 4 members (excludes halogenated alkanes) is 52. The van der Waals surface area contributed by atoms with Gasteiger partial charge in [0.2, 0.25) is 0 Å². The Hall–Kier alpha value is -3.78. The van der Waals surface area contributed by atoms with Crippen molar-refractivity contribution < 1.29 is 0 Å². The number of rotatable bonds is 65. The van der Waals surface area contributed by atoms with Crippen molar-refractivity contribution in [2.24, 2.45) is 0 Å². The quantitative estimate of drug-likeness (QED) is 0.0263. The van der Waals surface area contributed by atoms with Crippen molar-refractivity contribution in [3.63, 3.8) is 0 Å². The van der Waals surface area contributed by atoms with Crippen molar-refractivity contribution in [3.05, 3.63) is 193 Å². The van der Waals surface area contributed by atoms with Gasteiger partial charge in [-0.05, 0) is 43.7 Å². The number of thiophene rings is 4. The molecule has 0 N–H and O–H groups in total. The van der Waals surface area contributed by atoms with Gasteiger partial charge in [0.15, 0.2) is 0 Å². The Bertz CT molecular complexity index is 4040. The first kappa shape index (κ1) is 93.9. The van der Waals surface area contributed by atoms with Gasteiger partial charge in [-0.1, -0.05) is 349 Å². The predicted molar refractivity (Wildman–Crippen MR) is 531 cm³/mol. The molecular weight excluding hydrogens is 1590 g/mol. The van der Waals surface area contributed by atoms with E-state index in [0.717, 1.165) is 25.7 Å². The van der Waals surface area contributed by atoms with Crippen LogP contribution < -0.4 is 2.89 Å². The van der Waals surface area contributed by atoms with Crippen LogP contribution in [0.15, 0.2) is 121 Å². The van der Waals surface area contributed by atoms with E-state index in [9.17, 15) is 0 Å². The Labute approximate surface area is 738 Å². The Balaban J connectivity index is 0.912. The minimum atomic E-state index is -2.55. The maximum absolute atomic E-state index is 2.84. The van der Waals surface area contributed by atoms with E-state index >= 15 is 0 Å². The summed E-state index contributed by atoms with van der Waals surface area (Å²) in [5.41, 5.74) is 19.8. The van der Waals surface area contributed by atoms with Crippen molar-refractivity contribution in [3.8, 4) is 20.9 Å². The summed E-state index contributed by atoms with van der Waals surface area (Å²) in [7, 11) is 0. The van der Waals surface area contributed by atoms with E-state index in [1.165, 1.54) is 455 Å². The molecule has 9 aromatic rings. The molecule has 117 heavy (non-hydrogen) atoms. The molecule has 5 aromatic carbocycles. The van der Waals surface area contributed by atoms with Crippen LogP contribution in [0.2, 0.25) is 14.8 Å². The van der Waals surface area contributed by atoms with Crippen LogP contribution in [-0.2, 0) is 36.5 Å². The summed E-state index contributed by atoms with van der Waals surface area (Å²) in [6.45, 7) is 11.7. The summed E-state index contributed by atoms with van der Waals surface area (Å²) in [6, 6.07) is 52.5. The summed E-state index contributed by atoms with van der Waals surface area (Å²) in [5, 5.41) is 0. The van der Waals surface area contributed by atoms with Crippen LogP contribution >= 0.6 is 45.3 Å². The van der Waals surface area contributed by atoms with Gasteiger partial charge in [-0.25, -0.2) is 0 Å². The zero-order valence-corrected chi connectivity index (χ0v) is 82.2. The second kappa shape index (κ2) is 51.5. The molecule has 0 spiro atoms. The molecular formula is C112H164S4Sn. The number of fused-ring (bicyclic) bond motifs is 10. The molecule has 2 aliphatic carbocycles. The molecule has 0 fully saturated rings. The third-order valence-electron chi connectivity index (χ3n) is 27.6. The van der Waals surface area contributed by atoms with E-state index in [1.807, 2.05) is 0 Å². The van der Waals surface area contributed by atoms with Crippen LogP contribution in [0.5, 0.6) is 0 Å². The Morgan fingerprint density at radius 3 is 0.684 bits per heavy atom. The first-order valence-electron chi connectivity index (χ1n) is 50.2. The van der Waals surface area contributed by atoms with Gasteiger partial charge < -0.3 is 0 Å². The molecule has 0 aliphatic heterocycles. The van der Waals surface area contributed by atoms with Gasteiger partial charge in [-0.2, -0.15) is 0 Å². The van der Waals surface area contributed by atoms with Gasteiger partial charge in [0.05, 0.1) is 0 Å². The van der Waals surface area contributed by atoms with Crippen LogP contribution in [0.4, 0.5) is 0 Å². The summed E-state index contributed by atoms with van der Waals surface area (Å²) in [4.78, 5) is 12.4. The molecule has 0 saturated heterocycles. The van der Waals surface area contributed by atoms with Crippen LogP contribution in [0, 0.1) is 6.92 Å². The fourth-order valence-corrected chi connectivity index (χ4v) is 31.5. The van der Waals surface area contributed by atoms with E-state index in [2.05, 4.69) is 216 Å². The molecule has 0 radical (unpaired) electrons. The maximum atomic E-state index is 2.84. The second-order valence-electron chi connectivity index (χ2n) is 38.3. The average molecular weight is 1760 g/mol. The van der Waals surface area contributed by atoms with Gasteiger partial charge in [0.25, 0.3) is 0 Å². The number of benzene rings is 5. The number of hydrogen-bond acceptors (Lipinski definition) is 4. The van der Waals surface area contributed by atoms with Crippen LogP contribution in [0.1, 0.15) is 459 Å². The molecule has 0 bridgehead atoms. The third kappa shape index (κ3) is 26.6. The minimum absolute atomic E-state index is 0.505. The first-order valence-corrected chi connectivity index (χ1v) is 63.5. The summed E-state index contributed by atoms with van der Waals surface area (Å²) < 4.78 is 7.71. The van der Waals surface area contributed by atoms with E-state index in [0.29, 0.717) is 0 Å². The molecule has 0 amide bonds. The molecule has 5 heteroatoms. The molecule has 0 saturated carbocycles. The molecule has 11 rings (SSSR count). The molecule has 2 aliphatic rings. The van der Waals surface area contributed by atoms with Crippen molar-refractivity contribution in [1.82, 2.24) is 0 Å². The molecule has 4 heterocycles. The van der Waals surface area contributed by atoms with E-state index in [-0.39, 0.29) is 0 Å². The van der Waals surface area contributed by atoms with Crippen LogP contribution in [0.25, 0.3) is 39.7 Å².